The van der Waals surface area contributed by atoms with Gasteiger partial charge < -0.3 is 9.84 Å². The van der Waals surface area contributed by atoms with Gasteiger partial charge in [-0.2, -0.15) is 13.2 Å². The Morgan fingerprint density at radius 3 is 2.44 bits per heavy atom. The Morgan fingerprint density at radius 2 is 2.06 bits per heavy atom. The van der Waals surface area contributed by atoms with E-state index in [2.05, 4.69) is 4.74 Å². The van der Waals surface area contributed by atoms with Gasteiger partial charge in [0.05, 0.1) is 13.7 Å². The molecule has 0 aliphatic rings. The lowest BCUT2D eigenvalue weighted by Gasteiger charge is -2.24. The highest BCUT2D eigenvalue weighted by atomic mass is 19.4. The Bertz CT molecular complexity index is 221. The third-order valence-corrected chi connectivity index (χ3v) is 1.93. The van der Waals surface area contributed by atoms with Crippen molar-refractivity contribution in [1.29, 1.82) is 0 Å². The van der Waals surface area contributed by atoms with Crippen molar-refractivity contribution in [3.05, 3.63) is 0 Å². The average molecular weight is 243 g/mol. The van der Waals surface area contributed by atoms with Crippen molar-refractivity contribution in [2.75, 3.05) is 26.7 Å². The van der Waals surface area contributed by atoms with Crippen molar-refractivity contribution in [1.82, 2.24) is 4.90 Å². The Balaban J connectivity index is 4.27. The third-order valence-electron chi connectivity index (χ3n) is 1.93. The van der Waals surface area contributed by atoms with Crippen LogP contribution in [0.3, 0.4) is 0 Å². The van der Waals surface area contributed by atoms with Crippen molar-refractivity contribution >= 4 is 5.97 Å². The molecule has 1 atom stereocenters. The zero-order chi connectivity index (χ0) is 12.8. The molecule has 0 saturated carbocycles. The second kappa shape index (κ2) is 6.70. The predicted molar refractivity (Wildman–Crippen MR) is 50.8 cm³/mol. The van der Waals surface area contributed by atoms with E-state index < -0.39 is 24.8 Å². The molecule has 0 aromatic carbocycles. The Hall–Kier alpha value is -0.820. The molecule has 7 heteroatoms. The molecule has 0 aromatic rings. The quantitative estimate of drug-likeness (QED) is 0.701. The van der Waals surface area contributed by atoms with E-state index in [1.54, 1.807) is 6.92 Å². The summed E-state index contributed by atoms with van der Waals surface area (Å²) in [6.45, 7) is 1.19. The number of hydrogen-bond donors (Lipinski definition) is 1. The highest BCUT2D eigenvalue weighted by Crippen LogP contribution is 2.20. The summed E-state index contributed by atoms with van der Waals surface area (Å²) in [6, 6.07) is 0. The largest absolute Gasteiger partial charge is 0.468 e. The minimum atomic E-state index is -4.66. The maximum absolute atomic E-state index is 12.1. The molecule has 0 aromatic heterocycles. The number of esters is 1. The Labute approximate surface area is 92.0 Å². The summed E-state index contributed by atoms with van der Waals surface area (Å²) in [6.07, 6.45) is -6.52. The highest BCUT2D eigenvalue weighted by molar-refractivity contribution is 5.71. The zero-order valence-corrected chi connectivity index (χ0v) is 9.25. The van der Waals surface area contributed by atoms with E-state index in [0.717, 1.165) is 7.11 Å². The number of hydrogen-bond acceptors (Lipinski definition) is 4. The second-order valence-electron chi connectivity index (χ2n) is 3.37. The molecule has 96 valence electrons. The number of rotatable bonds is 6. The van der Waals surface area contributed by atoms with Crippen molar-refractivity contribution in [2.24, 2.45) is 0 Å². The minimum Gasteiger partial charge on any atom is -0.468 e. The van der Waals surface area contributed by atoms with Crippen molar-refractivity contribution < 1.29 is 27.8 Å². The predicted octanol–water partition coefficient (Wildman–Crippen LogP) is 0.795. The fourth-order valence-corrected chi connectivity index (χ4v) is 1.15. The number of methoxy groups -OCH3 is 1. The molecule has 1 N–H and O–H groups in total. The lowest BCUT2D eigenvalue weighted by Crippen LogP contribution is -2.43. The first-order valence-corrected chi connectivity index (χ1v) is 4.85. The summed E-state index contributed by atoms with van der Waals surface area (Å²) >= 11 is 0. The molecule has 1 unspecified atom stereocenters. The SMILES string of the molecule is CCCN(CC(=O)OC)CC(O)C(F)(F)F. The maximum Gasteiger partial charge on any atom is 0.415 e. The third kappa shape index (κ3) is 5.92. The van der Waals surface area contributed by atoms with Gasteiger partial charge in [-0.3, -0.25) is 9.69 Å². The molecule has 0 saturated heterocycles. The van der Waals surface area contributed by atoms with Crippen LogP contribution >= 0.6 is 0 Å². The number of halogens is 3. The van der Waals surface area contributed by atoms with Crippen LogP contribution in [0.25, 0.3) is 0 Å². The molecule has 0 heterocycles. The van der Waals surface area contributed by atoms with E-state index in [-0.39, 0.29) is 6.54 Å². The van der Waals surface area contributed by atoms with Crippen LogP contribution in [-0.4, -0.2) is 55.0 Å². The molecule has 4 nitrogen and oxygen atoms in total. The van der Waals surface area contributed by atoms with Crippen LogP contribution in [0.1, 0.15) is 13.3 Å². The van der Waals surface area contributed by atoms with E-state index >= 15 is 0 Å². The van der Waals surface area contributed by atoms with Crippen molar-refractivity contribution in [2.45, 2.75) is 25.6 Å². The molecule has 0 aliphatic heterocycles. The van der Waals surface area contributed by atoms with Gasteiger partial charge in [0, 0.05) is 6.54 Å². The highest BCUT2D eigenvalue weighted by Gasteiger charge is 2.39. The molecule has 16 heavy (non-hydrogen) atoms. The van der Waals surface area contributed by atoms with E-state index in [1.807, 2.05) is 0 Å². The van der Waals surface area contributed by atoms with Crippen LogP contribution in [0.15, 0.2) is 0 Å². The molecule has 0 aliphatic carbocycles. The van der Waals surface area contributed by atoms with Crippen LogP contribution in [0.4, 0.5) is 13.2 Å². The van der Waals surface area contributed by atoms with Crippen molar-refractivity contribution in [3.8, 4) is 0 Å². The lowest BCUT2D eigenvalue weighted by molar-refractivity contribution is -0.208. The van der Waals surface area contributed by atoms with Gasteiger partial charge in [-0.25, -0.2) is 0 Å². The summed E-state index contributed by atoms with van der Waals surface area (Å²) in [7, 11) is 1.16. The van der Waals surface area contributed by atoms with Crippen LogP contribution in [0, 0.1) is 0 Å². The molecular weight excluding hydrogens is 227 g/mol. The van der Waals surface area contributed by atoms with Gasteiger partial charge in [-0.1, -0.05) is 6.92 Å². The van der Waals surface area contributed by atoms with Gasteiger partial charge in [0.1, 0.15) is 0 Å². The minimum absolute atomic E-state index is 0.252. The fourth-order valence-electron chi connectivity index (χ4n) is 1.15. The maximum atomic E-state index is 12.1. The first-order valence-electron chi connectivity index (χ1n) is 4.85. The summed E-state index contributed by atoms with van der Waals surface area (Å²) in [5, 5.41) is 8.85. The fraction of sp³-hybridized carbons (Fsp3) is 0.889. The first-order chi connectivity index (χ1) is 7.31. The summed E-state index contributed by atoms with van der Waals surface area (Å²) in [4.78, 5) is 12.1. The normalized spacial score (nSPS) is 13.9. The van der Waals surface area contributed by atoms with Crippen LogP contribution in [0.5, 0.6) is 0 Å². The van der Waals surface area contributed by atoms with Gasteiger partial charge in [0.25, 0.3) is 0 Å². The number of nitrogens with zero attached hydrogens (tertiary/aromatic N) is 1. The van der Waals surface area contributed by atoms with Crippen LogP contribution < -0.4 is 0 Å². The van der Waals surface area contributed by atoms with E-state index in [4.69, 9.17) is 5.11 Å². The molecule has 0 rings (SSSR count). The number of alkyl halides is 3. The van der Waals surface area contributed by atoms with E-state index in [9.17, 15) is 18.0 Å². The Kier molecular flexibility index (Phi) is 6.35. The smallest absolute Gasteiger partial charge is 0.415 e. The molecule has 0 fully saturated rings. The monoisotopic (exact) mass is 243 g/mol. The molecular formula is C9H16F3NO3. The van der Waals surface area contributed by atoms with Crippen LogP contribution in [0.2, 0.25) is 0 Å². The van der Waals surface area contributed by atoms with Gasteiger partial charge in [-0.15, -0.1) is 0 Å². The summed E-state index contributed by atoms with van der Waals surface area (Å²) in [5.41, 5.74) is 0. The molecule has 0 bridgehead atoms. The van der Waals surface area contributed by atoms with E-state index in [0.29, 0.717) is 13.0 Å². The molecule has 0 spiro atoms. The van der Waals surface area contributed by atoms with Crippen LogP contribution in [-0.2, 0) is 9.53 Å². The van der Waals surface area contributed by atoms with Gasteiger partial charge >= 0.3 is 12.1 Å². The summed E-state index contributed by atoms with van der Waals surface area (Å²) in [5.74, 6) is -0.622. The first kappa shape index (κ1) is 15.2. The Morgan fingerprint density at radius 1 is 1.50 bits per heavy atom. The topological polar surface area (TPSA) is 49.8 Å². The van der Waals surface area contributed by atoms with Gasteiger partial charge in [-0.05, 0) is 13.0 Å². The number of ether oxygens (including phenoxy) is 1. The standard InChI is InChI=1S/C9H16F3NO3/c1-3-4-13(6-8(15)16-2)5-7(14)9(10,11)12/h7,14H,3-6H2,1-2H3. The second-order valence-corrected chi connectivity index (χ2v) is 3.37. The molecule has 0 amide bonds. The summed E-state index contributed by atoms with van der Waals surface area (Å²) < 4.78 is 40.6. The zero-order valence-electron chi connectivity index (χ0n) is 9.25. The number of carbonyl (C=O) groups excluding carboxylic acids is 1. The number of aliphatic hydroxyl groups excluding tert-OH is 1. The van der Waals surface area contributed by atoms with Gasteiger partial charge in [0.2, 0.25) is 0 Å². The number of aliphatic hydroxyl groups is 1. The lowest BCUT2D eigenvalue weighted by atomic mass is 10.3. The van der Waals surface area contributed by atoms with E-state index in [1.165, 1.54) is 4.90 Å². The van der Waals surface area contributed by atoms with Crippen molar-refractivity contribution in [3.63, 3.8) is 0 Å². The molecule has 0 radical (unpaired) electrons. The van der Waals surface area contributed by atoms with Gasteiger partial charge in [0.15, 0.2) is 6.10 Å². The number of carbonyl (C=O) groups is 1. The average Bonchev–Trinajstić information content (AvgIpc) is 2.16.